The van der Waals surface area contributed by atoms with Crippen LogP contribution in [0, 0.1) is 0 Å². The van der Waals surface area contributed by atoms with Crippen molar-refractivity contribution in [3.8, 4) is 0 Å². The molecule has 1 unspecified atom stereocenters. The Morgan fingerprint density at radius 2 is 1.92 bits per heavy atom. The van der Waals surface area contributed by atoms with E-state index in [2.05, 4.69) is 0 Å². The first-order valence-corrected chi connectivity index (χ1v) is 3.43. The van der Waals surface area contributed by atoms with E-state index in [1.807, 2.05) is 0 Å². The van der Waals surface area contributed by atoms with Gasteiger partial charge >= 0.3 is 12.1 Å². The summed E-state index contributed by atoms with van der Waals surface area (Å²) in [5.41, 5.74) is 0. The van der Waals surface area contributed by atoms with Gasteiger partial charge in [-0.25, -0.2) is 9.59 Å². The molecule has 0 spiro atoms. The topological polar surface area (TPSA) is 98.1 Å². The normalized spacial score (nSPS) is 28.9. The lowest BCUT2D eigenvalue weighted by molar-refractivity contribution is -0.141. The maximum absolute atomic E-state index is 10.4. The Labute approximate surface area is 68.0 Å². The first-order chi connectivity index (χ1) is 5.52. The quantitative estimate of drug-likeness (QED) is 0.484. The molecule has 1 rings (SSSR count). The Balaban J connectivity index is 2.72. The molecule has 1 fully saturated rings. The van der Waals surface area contributed by atoms with Gasteiger partial charge in [-0.2, -0.15) is 0 Å². The van der Waals surface area contributed by atoms with Crippen molar-refractivity contribution in [3.05, 3.63) is 0 Å². The Bertz CT molecular complexity index is 194. The summed E-state index contributed by atoms with van der Waals surface area (Å²) in [6.45, 7) is -0.119. The highest BCUT2D eigenvalue weighted by Gasteiger charge is 2.38. The number of aliphatic hydroxyl groups excluding tert-OH is 1. The summed E-state index contributed by atoms with van der Waals surface area (Å²) in [7, 11) is 0. The zero-order valence-corrected chi connectivity index (χ0v) is 6.17. The molecule has 0 aromatic heterocycles. The van der Waals surface area contributed by atoms with Gasteiger partial charge in [-0.05, 0) is 0 Å². The zero-order valence-electron chi connectivity index (χ0n) is 6.17. The Kier molecular flexibility index (Phi) is 2.18. The van der Waals surface area contributed by atoms with Gasteiger partial charge in [0.2, 0.25) is 0 Å². The predicted molar refractivity (Wildman–Crippen MR) is 36.8 cm³/mol. The number of carbonyl (C=O) groups is 2. The van der Waals surface area contributed by atoms with E-state index in [4.69, 9.17) is 15.3 Å². The number of carboxylic acids is 1. The number of hydrogen-bond donors (Lipinski definition) is 3. The maximum Gasteiger partial charge on any atom is 0.408 e. The molecule has 1 aliphatic heterocycles. The summed E-state index contributed by atoms with van der Waals surface area (Å²) >= 11 is 0. The summed E-state index contributed by atoms with van der Waals surface area (Å²) in [6, 6.07) is -1.10. The van der Waals surface area contributed by atoms with Gasteiger partial charge in [0.15, 0.2) is 0 Å². The van der Waals surface area contributed by atoms with Gasteiger partial charge in [0.05, 0.1) is 12.6 Å². The Morgan fingerprint density at radius 1 is 1.33 bits per heavy atom. The maximum atomic E-state index is 10.4. The smallest absolute Gasteiger partial charge is 0.408 e. The minimum Gasteiger partial charge on any atom is -0.480 e. The van der Waals surface area contributed by atoms with Crippen molar-refractivity contribution < 1.29 is 24.9 Å². The SMILES string of the molecule is O=C(O)[C@H]1CC(O)CN1C(=O)O. The van der Waals surface area contributed by atoms with E-state index in [0.29, 0.717) is 0 Å². The molecule has 2 atom stereocenters. The number of likely N-dealkylation sites (tertiary alicyclic amines) is 1. The van der Waals surface area contributed by atoms with E-state index in [-0.39, 0.29) is 13.0 Å². The highest BCUT2D eigenvalue weighted by Crippen LogP contribution is 2.17. The van der Waals surface area contributed by atoms with Crippen LogP contribution in [-0.4, -0.2) is 51.0 Å². The van der Waals surface area contributed by atoms with Crippen LogP contribution < -0.4 is 0 Å². The molecule has 0 aliphatic carbocycles. The largest absolute Gasteiger partial charge is 0.480 e. The van der Waals surface area contributed by atoms with Gasteiger partial charge in [0, 0.05) is 6.42 Å². The third kappa shape index (κ3) is 1.48. The van der Waals surface area contributed by atoms with Gasteiger partial charge in [-0.3, -0.25) is 4.90 Å². The average Bonchev–Trinajstić information content (AvgIpc) is 2.31. The summed E-state index contributed by atoms with van der Waals surface area (Å²) in [4.78, 5) is 21.6. The van der Waals surface area contributed by atoms with Crippen LogP contribution in [0.3, 0.4) is 0 Å². The first kappa shape index (κ1) is 8.79. The monoisotopic (exact) mass is 175 g/mol. The fourth-order valence-corrected chi connectivity index (χ4v) is 1.26. The standard InChI is InChI=1S/C6H9NO5/c8-3-1-4(5(9)10)7(2-3)6(11)12/h3-4,8H,1-2H2,(H,9,10)(H,11,12)/t3?,4-/m1/s1. The highest BCUT2D eigenvalue weighted by atomic mass is 16.4. The molecule has 1 amide bonds. The van der Waals surface area contributed by atoms with Gasteiger partial charge in [-0.1, -0.05) is 0 Å². The molecule has 12 heavy (non-hydrogen) atoms. The van der Waals surface area contributed by atoms with Crippen molar-refractivity contribution in [2.45, 2.75) is 18.6 Å². The molecule has 68 valence electrons. The molecule has 3 N–H and O–H groups in total. The number of amides is 1. The lowest BCUT2D eigenvalue weighted by Crippen LogP contribution is -2.39. The van der Waals surface area contributed by atoms with Crippen molar-refractivity contribution in [1.29, 1.82) is 0 Å². The van der Waals surface area contributed by atoms with Gasteiger partial charge in [0.25, 0.3) is 0 Å². The third-order valence-electron chi connectivity index (χ3n) is 1.81. The van der Waals surface area contributed by atoms with Gasteiger partial charge < -0.3 is 15.3 Å². The van der Waals surface area contributed by atoms with E-state index >= 15 is 0 Å². The van der Waals surface area contributed by atoms with E-state index < -0.39 is 24.2 Å². The molecule has 6 heteroatoms. The minimum absolute atomic E-state index is 0.0262. The lowest BCUT2D eigenvalue weighted by atomic mass is 10.2. The van der Waals surface area contributed by atoms with Crippen LogP contribution in [-0.2, 0) is 4.79 Å². The minimum atomic E-state index is -1.31. The van der Waals surface area contributed by atoms with E-state index in [1.54, 1.807) is 0 Å². The van der Waals surface area contributed by atoms with Crippen molar-refractivity contribution in [2.75, 3.05) is 6.54 Å². The molecule has 1 heterocycles. The fourth-order valence-electron chi connectivity index (χ4n) is 1.26. The zero-order chi connectivity index (χ0) is 9.30. The highest BCUT2D eigenvalue weighted by molar-refractivity contribution is 5.80. The summed E-state index contributed by atoms with van der Waals surface area (Å²) in [6.07, 6.45) is -2.19. The average molecular weight is 175 g/mol. The van der Waals surface area contributed by atoms with E-state index in [1.165, 1.54) is 0 Å². The number of β-amino-alcohol motifs (C(OH)–C–C–N with tert-alkyl or cyclic N) is 1. The molecule has 0 bridgehead atoms. The molecule has 0 aromatic rings. The van der Waals surface area contributed by atoms with Crippen molar-refractivity contribution in [3.63, 3.8) is 0 Å². The second-order valence-corrected chi connectivity index (χ2v) is 2.68. The van der Waals surface area contributed by atoms with Crippen LogP contribution in [0.4, 0.5) is 4.79 Å². The van der Waals surface area contributed by atoms with Crippen LogP contribution in [0.15, 0.2) is 0 Å². The van der Waals surface area contributed by atoms with E-state index in [0.717, 1.165) is 4.90 Å². The number of aliphatic hydroxyl groups is 1. The molecular formula is C6H9NO5. The first-order valence-electron chi connectivity index (χ1n) is 3.43. The number of aliphatic carboxylic acids is 1. The predicted octanol–water partition coefficient (Wildman–Crippen LogP) is -0.816. The van der Waals surface area contributed by atoms with Crippen LogP contribution in [0.2, 0.25) is 0 Å². The van der Waals surface area contributed by atoms with Crippen LogP contribution in [0.5, 0.6) is 0 Å². The Hall–Kier alpha value is -1.30. The van der Waals surface area contributed by atoms with Gasteiger partial charge in [0.1, 0.15) is 6.04 Å². The van der Waals surface area contributed by atoms with Crippen molar-refractivity contribution >= 4 is 12.1 Å². The number of nitrogens with zero attached hydrogens (tertiary/aromatic N) is 1. The van der Waals surface area contributed by atoms with E-state index in [9.17, 15) is 9.59 Å². The van der Waals surface area contributed by atoms with Crippen LogP contribution in [0.25, 0.3) is 0 Å². The molecule has 0 radical (unpaired) electrons. The molecule has 6 nitrogen and oxygen atoms in total. The van der Waals surface area contributed by atoms with Gasteiger partial charge in [-0.15, -0.1) is 0 Å². The number of hydrogen-bond acceptors (Lipinski definition) is 3. The van der Waals surface area contributed by atoms with Crippen LogP contribution >= 0.6 is 0 Å². The Morgan fingerprint density at radius 3 is 2.25 bits per heavy atom. The van der Waals surface area contributed by atoms with Crippen molar-refractivity contribution in [2.24, 2.45) is 0 Å². The fraction of sp³-hybridized carbons (Fsp3) is 0.667. The number of carboxylic acid groups (broad SMARTS) is 2. The molecule has 1 saturated heterocycles. The third-order valence-corrected chi connectivity index (χ3v) is 1.81. The summed E-state index contributed by atoms with van der Waals surface area (Å²) in [5, 5.41) is 26.0. The van der Waals surface area contributed by atoms with Crippen molar-refractivity contribution in [1.82, 2.24) is 4.90 Å². The lowest BCUT2D eigenvalue weighted by Gasteiger charge is -2.16. The molecule has 0 saturated carbocycles. The molecule has 1 aliphatic rings. The summed E-state index contributed by atoms with van der Waals surface area (Å²) < 4.78 is 0. The number of rotatable bonds is 1. The second kappa shape index (κ2) is 2.98. The summed E-state index contributed by atoms with van der Waals surface area (Å²) in [5.74, 6) is -1.21. The van der Waals surface area contributed by atoms with Crippen LogP contribution in [0.1, 0.15) is 6.42 Å². The molecule has 0 aromatic carbocycles. The second-order valence-electron chi connectivity index (χ2n) is 2.68. The molecular weight excluding hydrogens is 166 g/mol.